The summed E-state index contributed by atoms with van der Waals surface area (Å²) in [6.07, 6.45) is 12.8. The van der Waals surface area contributed by atoms with Crippen molar-refractivity contribution in [3.8, 4) is 0 Å². The second-order valence-corrected chi connectivity index (χ2v) is 3.29. The molecule has 0 aromatic heterocycles. The highest BCUT2D eigenvalue weighted by Crippen LogP contribution is 2.14. The molecule has 0 fully saturated rings. The van der Waals surface area contributed by atoms with Gasteiger partial charge in [-0.25, -0.2) is 0 Å². The number of rotatable bonds is 7. The van der Waals surface area contributed by atoms with Gasteiger partial charge in [0.1, 0.15) is 0 Å². The molecule has 0 spiro atoms. The summed E-state index contributed by atoms with van der Waals surface area (Å²) in [7, 11) is 0. The molecular weight excluding hydrogens is 168 g/mol. The van der Waals surface area contributed by atoms with Crippen LogP contribution in [0, 0.1) is 5.92 Å². The minimum absolute atomic E-state index is 0.815. The Balaban J connectivity index is 0. The van der Waals surface area contributed by atoms with Crippen LogP contribution < -0.4 is 0 Å². The fourth-order valence-corrected chi connectivity index (χ4v) is 1.24. The van der Waals surface area contributed by atoms with Gasteiger partial charge in [-0.05, 0) is 25.2 Å². The molecule has 0 aliphatic carbocycles. The van der Waals surface area contributed by atoms with Crippen molar-refractivity contribution in [3.05, 3.63) is 38.0 Å². The maximum atomic E-state index is 3.77. The van der Waals surface area contributed by atoms with Gasteiger partial charge in [-0.3, -0.25) is 0 Å². The molecule has 1 unspecified atom stereocenters. The van der Waals surface area contributed by atoms with E-state index in [4.69, 9.17) is 0 Å². The third kappa shape index (κ3) is 11.2. The van der Waals surface area contributed by atoms with Crippen LogP contribution in [0.25, 0.3) is 0 Å². The second-order valence-electron chi connectivity index (χ2n) is 3.29. The zero-order chi connectivity index (χ0) is 11.2. The third-order valence-electron chi connectivity index (χ3n) is 2.17. The van der Waals surface area contributed by atoms with Gasteiger partial charge in [0.15, 0.2) is 0 Å². The van der Waals surface area contributed by atoms with Crippen molar-refractivity contribution in [2.75, 3.05) is 0 Å². The van der Waals surface area contributed by atoms with Crippen molar-refractivity contribution in [3.63, 3.8) is 0 Å². The zero-order valence-corrected chi connectivity index (χ0v) is 9.97. The van der Waals surface area contributed by atoms with Gasteiger partial charge in [-0.1, -0.05) is 44.9 Å². The van der Waals surface area contributed by atoms with Gasteiger partial charge < -0.3 is 0 Å². The summed E-state index contributed by atoms with van der Waals surface area (Å²) >= 11 is 0. The quantitative estimate of drug-likeness (QED) is 0.492. The van der Waals surface area contributed by atoms with Crippen molar-refractivity contribution in [1.29, 1.82) is 0 Å². The van der Waals surface area contributed by atoms with Crippen LogP contribution in [-0.2, 0) is 0 Å². The lowest BCUT2D eigenvalue weighted by Crippen LogP contribution is -1.94. The highest BCUT2D eigenvalue weighted by Gasteiger charge is 1.99. The van der Waals surface area contributed by atoms with Crippen LogP contribution in [0.1, 0.15) is 46.0 Å². The van der Waals surface area contributed by atoms with E-state index in [9.17, 15) is 0 Å². The average Bonchev–Trinajstić information content (AvgIpc) is 2.25. The van der Waals surface area contributed by atoms with Crippen molar-refractivity contribution < 1.29 is 0 Å². The topological polar surface area (TPSA) is 0 Å². The van der Waals surface area contributed by atoms with Gasteiger partial charge in [-0.15, -0.1) is 19.7 Å². The minimum Gasteiger partial charge on any atom is -0.106 e. The molecule has 1 atom stereocenters. The van der Waals surface area contributed by atoms with E-state index >= 15 is 0 Å². The first-order valence-corrected chi connectivity index (χ1v) is 5.61. The molecule has 0 radical (unpaired) electrons. The Labute approximate surface area is 90.4 Å². The van der Waals surface area contributed by atoms with E-state index in [0.29, 0.717) is 0 Å². The molecule has 0 N–H and O–H groups in total. The molecule has 0 aromatic rings. The summed E-state index contributed by atoms with van der Waals surface area (Å²) in [5.74, 6) is 0.815. The molecule has 0 rings (SSSR count). The summed E-state index contributed by atoms with van der Waals surface area (Å²) in [5.41, 5.74) is 0. The van der Waals surface area contributed by atoms with Crippen molar-refractivity contribution in [2.24, 2.45) is 5.92 Å². The highest BCUT2D eigenvalue weighted by molar-refractivity contribution is 4.85. The van der Waals surface area contributed by atoms with Crippen LogP contribution in [0.3, 0.4) is 0 Å². The molecule has 0 bridgehead atoms. The molecule has 0 heteroatoms. The molecule has 0 aliphatic rings. The normalized spacial score (nSPS) is 11.9. The van der Waals surface area contributed by atoms with Crippen LogP contribution in [-0.4, -0.2) is 0 Å². The Kier molecular flexibility index (Phi) is 16.5. The monoisotopic (exact) mass is 194 g/mol. The van der Waals surface area contributed by atoms with Gasteiger partial charge in [0.25, 0.3) is 0 Å². The standard InChI is InChI=1S/C12H22.C2H4/c1-4-7-8-9-11-12(6-3)10-5-2;1-2/h5,8-9,12H,2,4,6-7,10-11H2,1,3H3;1-2H2. The number of unbranched alkanes of at least 4 members (excludes halogenated alkanes) is 1. The largest absolute Gasteiger partial charge is 0.106 e. The summed E-state index contributed by atoms with van der Waals surface area (Å²) in [4.78, 5) is 0. The fraction of sp³-hybridized carbons (Fsp3) is 0.571. The van der Waals surface area contributed by atoms with Gasteiger partial charge in [0.2, 0.25) is 0 Å². The van der Waals surface area contributed by atoms with Crippen molar-refractivity contribution in [2.45, 2.75) is 46.0 Å². The maximum Gasteiger partial charge on any atom is -0.0319 e. The van der Waals surface area contributed by atoms with Crippen LogP contribution in [0.4, 0.5) is 0 Å². The number of allylic oxidation sites excluding steroid dienone is 3. The van der Waals surface area contributed by atoms with E-state index in [1.165, 1.54) is 25.7 Å². The SMILES string of the molecule is C=C.C=CCC(CC)CC=CCCC. The zero-order valence-electron chi connectivity index (χ0n) is 9.97. The highest BCUT2D eigenvalue weighted by atomic mass is 14.0. The van der Waals surface area contributed by atoms with E-state index in [-0.39, 0.29) is 0 Å². The summed E-state index contributed by atoms with van der Waals surface area (Å²) < 4.78 is 0. The Morgan fingerprint density at radius 3 is 2.14 bits per heavy atom. The summed E-state index contributed by atoms with van der Waals surface area (Å²) in [6.45, 7) is 14.2. The van der Waals surface area contributed by atoms with Crippen LogP contribution >= 0.6 is 0 Å². The van der Waals surface area contributed by atoms with Gasteiger partial charge in [0, 0.05) is 0 Å². The predicted octanol–water partition coefficient (Wildman–Crippen LogP) is 5.14. The van der Waals surface area contributed by atoms with E-state index in [2.05, 4.69) is 45.7 Å². The summed E-state index contributed by atoms with van der Waals surface area (Å²) in [6, 6.07) is 0. The van der Waals surface area contributed by atoms with Gasteiger partial charge >= 0.3 is 0 Å². The van der Waals surface area contributed by atoms with Crippen LogP contribution in [0.2, 0.25) is 0 Å². The Morgan fingerprint density at radius 2 is 1.71 bits per heavy atom. The molecule has 0 nitrogen and oxygen atoms in total. The first-order valence-electron chi connectivity index (χ1n) is 5.61. The molecule has 0 saturated heterocycles. The first kappa shape index (κ1) is 15.7. The molecule has 0 amide bonds. The predicted molar refractivity (Wildman–Crippen MR) is 68.5 cm³/mol. The number of hydrogen-bond acceptors (Lipinski definition) is 0. The van der Waals surface area contributed by atoms with E-state index < -0.39 is 0 Å². The van der Waals surface area contributed by atoms with Crippen molar-refractivity contribution in [1.82, 2.24) is 0 Å². The first-order chi connectivity index (χ1) is 6.85. The lowest BCUT2D eigenvalue weighted by Gasteiger charge is -2.08. The third-order valence-corrected chi connectivity index (χ3v) is 2.17. The molecule has 0 heterocycles. The van der Waals surface area contributed by atoms with Crippen molar-refractivity contribution >= 4 is 0 Å². The molecule has 0 saturated carbocycles. The Hall–Kier alpha value is -0.780. The Bertz CT molecular complexity index is 133. The molecular formula is C14H26. The summed E-state index contributed by atoms with van der Waals surface area (Å²) in [5, 5.41) is 0. The number of hydrogen-bond donors (Lipinski definition) is 0. The van der Waals surface area contributed by atoms with E-state index in [1.807, 2.05) is 6.08 Å². The molecule has 82 valence electrons. The molecule has 14 heavy (non-hydrogen) atoms. The van der Waals surface area contributed by atoms with E-state index in [0.717, 1.165) is 12.3 Å². The molecule has 0 aliphatic heterocycles. The smallest absolute Gasteiger partial charge is 0.0319 e. The van der Waals surface area contributed by atoms with E-state index in [1.54, 1.807) is 0 Å². The molecule has 0 aromatic carbocycles. The lowest BCUT2D eigenvalue weighted by atomic mass is 9.98. The van der Waals surface area contributed by atoms with Crippen LogP contribution in [0.5, 0.6) is 0 Å². The second kappa shape index (κ2) is 14.7. The lowest BCUT2D eigenvalue weighted by molar-refractivity contribution is 0.524. The minimum atomic E-state index is 0.815. The average molecular weight is 194 g/mol. The Morgan fingerprint density at radius 1 is 1.07 bits per heavy atom. The van der Waals surface area contributed by atoms with Gasteiger partial charge in [0.05, 0.1) is 0 Å². The van der Waals surface area contributed by atoms with Crippen LogP contribution in [0.15, 0.2) is 38.0 Å². The maximum absolute atomic E-state index is 3.77. The van der Waals surface area contributed by atoms with Gasteiger partial charge in [-0.2, -0.15) is 0 Å². The fourth-order valence-electron chi connectivity index (χ4n) is 1.24.